The van der Waals surface area contributed by atoms with Crippen LogP contribution >= 0.6 is 0 Å². The average Bonchev–Trinajstić information content (AvgIpc) is 2.73. The van der Waals surface area contributed by atoms with Crippen molar-refractivity contribution in [3.63, 3.8) is 0 Å². The number of rotatable bonds is 6. The van der Waals surface area contributed by atoms with Crippen LogP contribution in [-0.4, -0.2) is 79.4 Å². The Balaban J connectivity index is 1.50. The highest BCUT2D eigenvalue weighted by molar-refractivity contribution is 5.68. The topological polar surface area (TPSA) is 71.5 Å². The number of hydrogen-bond acceptors (Lipinski definition) is 6. The van der Waals surface area contributed by atoms with Gasteiger partial charge in [-0.25, -0.2) is 4.79 Å². The molecule has 1 atom stereocenters. The number of amides is 1. The molecular weight excluding hydrogens is 396 g/mol. The lowest BCUT2D eigenvalue weighted by molar-refractivity contribution is -0.0580. The highest BCUT2D eigenvalue weighted by Crippen LogP contribution is 2.27. The summed E-state index contributed by atoms with van der Waals surface area (Å²) in [6, 6.07) is 8.53. The van der Waals surface area contributed by atoms with Crippen LogP contribution in [0.2, 0.25) is 0 Å². The Kier molecular flexibility index (Phi) is 7.83. The van der Waals surface area contributed by atoms with E-state index in [9.17, 15) is 9.90 Å². The van der Waals surface area contributed by atoms with E-state index < -0.39 is 11.2 Å². The van der Waals surface area contributed by atoms with Crippen LogP contribution in [0.15, 0.2) is 24.3 Å². The molecule has 0 aliphatic carbocycles. The van der Waals surface area contributed by atoms with E-state index in [2.05, 4.69) is 29.2 Å². The third kappa shape index (κ3) is 7.09. The van der Waals surface area contributed by atoms with Crippen molar-refractivity contribution in [3.8, 4) is 0 Å². The number of nitrogens with zero attached hydrogens (tertiary/aromatic N) is 2. The van der Waals surface area contributed by atoms with Gasteiger partial charge in [-0.2, -0.15) is 0 Å². The Labute approximate surface area is 186 Å². The quantitative estimate of drug-likeness (QED) is 0.741. The van der Waals surface area contributed by atoms with Gasteiger partial charge in [0.25, 0.3) is 0 Å². The average molecular weight is 435 g/mol. The lowest BCUT2D eigenvalue weighted by Gasteiger charge is -2.39. The van der Waals surface area contributed by atoms with E-state index in [1.54, 1.807) is 4.90 Å². The van der Waals surface area contributed by atoms with Crippen molar-refractivity contribution in [3.05, 3.63) is 29.8 Å². The van der Waals surface area contributed by atoms with Crippen molar-refractivity contribution in [1.29, 1.82) is 0 Å². The number of anilines is 1. The Morgan fingerprint density at radius 3 is 2.48 bits per heavy atom. The van der Waals surface area contributed by atoms with Crippen molar-refractivity contribution in [2.24, 2.45) is 0 Å². The molecule has 2 heterocycles. The van der Waals surface area contributed by atoms with E-state index in [1.807, 2.05) is 27.7 Å². The summed E-state index contributed by atoms with van der Waals surface area (Å²) in [5.41, 5.74) is 1.16. The molecule has 1 amide bonds. The van der Waals surface area contributed by atoms with Crippen LogP contribution in [0.3, 0.4) is 0 Å². The van der Waals surface area contributed by atoms with Gasteiger partial charge in [-0.05, 0) is 58.2 Å². The Morgan fingerprint density at radius 1 is 1.19 bits per heavy atom. The molecule has 1 N–H and O–H groups in total. The number of aliphatic hydroxyl groups is 1. The van der Waals surface area contributed by atoms with Crippen LogP contribution in [0, 0.1) is 0 Å². The number of carbonyl (C=O) groups is 1. The minimum Gasteiger partial charge on any atom is -0.444 e. The van der Waals surface area contributed by atoms with Gasteiger partial charge in [0, 0.05) is 38.3 Å². The van der Waals surface area contributed by atoms with Crippen molar-refractivity contribution in [2.45, 2.75) is 64.3 Å². The first-order chi connectivity index (χ1) is 14.7. The third-order valence-electron chi connectivity index (χ3n) is 5.82. The molecule has 2 saturated heterocycles. The number of benzene rings is 1. The Bertz CT molecular complexity index is 708. The first-order valence-corrected chi connectivity index (χ1v) is 11.4. The van der Waals surface area contributed by atoms with E-state index in [-0.39, 0.29) is 12.2 Å². The normalized spacial score (nSPS) is 21.8. The SMILES string of the molecule is CCOCC1(O)CCN(c2ccc(CC3CN(C(=O)OC(C)(C)C)CCO3)cc2)CC1. The summed E-state index contributed by atoms with van der Waals surface area (Å²) in [5, 5.41) is 10.6. The molecule has 1 aromatic rings. The van der Waals surface area contributed by atoms with E-state index in [0.29, 0.717) is 45.8 Å². The van der Waals surface area contributed by atoms with Crippen LogP contribution < -0.4 is 4.90 Å². The van der Waals surface area contributed by atoms with Crippen LogP contribution in [-0.2, 0) is 20.6 Å². The number of carbonyl (C=O) groups excluding carboxylic acids is 1. The first kappa shape index (κ1) is 23.8. The minimum absolute atomic E-state index is 0.0318. The molecule has 2 fully saturated rings. The maximum Gasteiger partial charge on any atom is 0.410 e. The summed E-state index contributed by atoms with van der Waals surface area (Å²) in [7, 11) is 0. The summed E-state index contributed by atoms with van der Waals surface area (Å²) in [5.74, 6) is 0. The smallest absolute Gasteiger partial charge is 0.410 e. The van der Waals surface area contributed by atoms with Gasteiger partial charge in [0.05, 0.1) is 31.5 Å². The molecule has 7 heteroatoms. The van der Waals surface area contributed by atoms with Gasteiger partial charge in [-0.15, -0.1) is 0 Å². The lowest BCUT2D eigenvalue weighted by atomic mass is 9.92. The second kappa shape index (κ2) is 10.2. The molecule has 31 heavy (non-hydrogen) atoms. The van der Waals surface area contributed by atoms with Gasteiger partial charge in [0.2, 0.25) is 0 Å². The van der Waals surface area contributed by atoms with Crippen molar-refractivity contribution in [1.82, 2.24) is 4.90 Å². The molecule has 0 radical (unpaired) electrons. The van der Waals surface area contributed by atoms with E-state index in [1.165, 1.54) is 11.3 Å². The second-order valence-corrected chi connectivity index (χ2v) is 9.64. The molecule has 0 aromatic heterocycles. The van der Waals surface area contributed by atoms with Crippen LogP contribution in [0.4, 0.5) is 10.5 Å². The molecule has 7 nitrogen and oxygen atoms in total. The number of morpholine rings is 1. The molecule has 2 aliphatic heterocycles. The van der Waals surface area contributed by atoms with Gasteiger partial charge >= 0.3 is 6.09 Å². The lowest BCUT2D eigenvalue weighted by Crippen LogP contribution is -2.48. The summed E-state index contributed by atoms with van der Waals surface area (Å²) in [4.78, 5) is 16.4. The highest BCUT2D eigenvalue weighted by atomic mass is 16.6. The zero-order valence-electron chi connectivity index (χ0n) is 19.4. The predicted octanol–water partition coefficient (Wildman–Crippen LogP) is 3.23. The maximum absolute atomic E-state index is 12.4. The van der Waals surface area contributed by atoms with Gasteiger partial charge < -0.3 is 29.1 Å². The molecule has 1 unspecified atom stereocenters. The third-order valence-corrected chi connectivity index (χ3v) is 5.82. The molecule has 174 valence electrons. The highest BCUT2D eigenvalue weighted by Gasteiger charge is 2.32. The summed E-state index contributed by atoms with van der Waals surface area (Å²) < 4.78 is 16.8. The summed E-state index contributed by atoms with van der Waals surface area (Å²) in [6.45, 7) is 11.9. The number of hydrogen-bond donors (Lipinski definition) is 1. The summed E-state index contributed by atoms with van der Waals surface area (Å²) >= 11 is 0. The molecule has 0 spiro atoms. The first-order valence-electron chi connectivity index (χ1n) is 11.4. The Hall–Kier alpha value is -1.83. The fourth-order valence-electron chi connectivity index (χ4n) is 4.06. The van der Waals surface area contributed by atoms with Crippen molar-refractivity contribution in [2.75, 3.05) is 50.9 Å². The van der Waals surface area contributed by atoms with Gasteiger partial charge in [0.1, 0.15) is 5.60 Å². The zero-order valence-corrected chi connectivity index (χ0v) is 19.4. The molecule has 0 saturated carbocycles. The van der Waals surface area contributed by atoms with Crippen LogP contribution in [0.5, 0.6) is 0 Å². The monoisotopic (exact) mass is 434 g/mol. The second-order valence-electron chi connectivity index (χ2n) is 9.64. The molecule has 3 rings (SSSR count). The van der Waals surface area contributed by atoms with E-state index in [4.69, 9.17) is 14.2 Å². The maximum atomic E-state index is 12.4. The number of piperidine rings is 1. The van der Waals surface area contributed by atoms with Gasteiger partial charge in [0.15, 0.2) is 0 Å². The van der Waals surface area contributed by atoms with Crippen molar-refractivity contribution < 1.29 is 24.1 Å². The summed E-state index contributed by atoms with van der Waals surface area (Å²) in [6.07, 6.45) is 1.88. The van der Waals surface area contributed by atoms with E-state index in [0.717, 1.165) is 19.5 Å². The fraction of sp³-hybridized carbons (Fsp3) is 0.708. The number of ether oxygens (including phenoxy) is 3. The van der Waals surface area contributed by atoms with E-state index >= 15 is 0 Å². The minimum atomic E-state index is -0.704. The van der Waals surface area contributed by atoms with Crippen LogP contribution in [0.25, 0.3) is 0 Å². The zero-order chi connectivity index (χ0) is 22.5. The molecule has 0 bridgehead atoms. The Morgan fingerprint density at radius 2 is 1.87 bits per heavy atom. The fourth-order valence-corrected chi connectivity index (χ4v) is 4.06. The molecule has 2 aliphatic rings. The largest absolute Gasteiger partial charge is 0.444 e. The van der Waals surface area contributed by atoms with Gasteiger partial charge in [-0.1, -0.05) is 12.1 Å². The van der Waals surface area contributed by atoms with Crippen LogP contribution in [0.1, 0.15) is 46.1 Å². The molecular formula is C24H38N2O5. The van der Waals surface area contributed by atoms with Crippen molar-refractivity contribution >= 4 is 11.8 Å². The molecule has 1 aromatic carbocycles. The standard InChI is InChI=1S/C24H38N2O5/c1-5-29-18-24(28)10-12-25(13-11-24)20-8-6-19(7-9-20)16-21-17-26(14-15-30-21)22(27)31-23(2,3)4/h6-9,21,28H,5,10-18H2,1-4H3. The predicted molar refractivity (Wildman–Crippen MR) is 121 cm³/mol. The van der Waals surface area contributed by atoms with Gasteiger partial charge in [-0.3, -0.25) is 0 Å².